The molecule has 1 aromatic carbocycles. The molecule has 20 heavy (non-hydrogen) atoms. The van der Waals surface area contributed by atoms with Crippen LogP contribution >= 0.6 is 0 Å². The first-order valence-electron chi connectivity index (χ1n) is 6.98. The van der Waals surface area contributed by atoms with Gasteiger partial charge in [0.1, 0.15) is 0 Å². The summed E-state index contributed by atoms with van der Waals surface area (Å²) in [5.74, 6) is 0. The van der Waals surface area contributed by atoms with Crippen molar-refractivity contribution in [2.75, 3.05) is 17.2 Å². The van der Waals surface area contributed by atoms with Gasteiger partial charge in [0.05, 0.1) is 0 Å². The van der Waals surface area contributed by atoms with E-state index in [9.17, 15) is 13.0 Å². The number of rotatable bonds is 8. The van der Waals surface area contributed by atoms with Gasteiger partial charge in [0.25, 0.3) is 10.1 Å². The molecule has 0 fully saturated rings. The second kappa shape index (κ2) is 7.50. The quantitative estimate of drug-likeness (QED) is 0.569. The van der Waals surface area contributed by atoms with E-state index in [0.717, 1.165) is 18.5 Å². The van der Waals surface area contributed by atoms with Crippen LogP contribution in [0, 0.1) is 0 Å². The van der Waals surface area contributed by atoms with Crippen LogP contribution in [0.1, 0.15) is 39.5 Å². The van der Waals surface area contributed by atoms with Gasteiger partial charge in [-0.15, -0.1) is 0 Å². The zero-order chi connectivity index (χ0) is 15.2. The fourth-order valence-electron chi connectivity index (χ4n) is 2.15. The van der Waals surface area contributed by atoms with Crippen LogP contribution in [0.2, 0.25) is 0 Å². The summed E-state index contributed by atoms with van der Waals surface area (Å²) in [6.07, 6.45) is 2.89. The van der Waals surface area contributed by atoms with Gasteiger partial charge in [0, 0.05) is 17.9 Å². The molecule has 5 nitrogen and oxygen atoms in total. The van der Waals surface area contributed by atoms with Crippen LogP contribution in [0.25, 0.3) is 0 Å². The lowest BCUT2D eigenvalue weighted by atomic mass is 10.2. The van der Waals surface area contributed by atoms with Gasteiger partial charge in [-0.2, -0.15) is 8.42 Å². The smallest absolute Gasteiger partial charge is 0.286 e. The van der Waals surface area contributed by atoms with Gasteiger partial charge in [-0.3, -0.25) is 4.55 Å². The average Bonchev–Trinajstić information content (AvgIpc) is 2.38. The molecule has 6 heteroatoms. The summed E-state index contributed by atoms with van der Waals surface area (Å²) in [5.41, 5.74) is 7.06. The highest BCUT2D eigenvalue weighted by molar-refractivity contribution is 7.86. The second-order valence-corrected chi connectivity index (χ2v) is 6.47. The van der Waals surface area contributed by atoms with Crippen LogP contribution in [0.15, 0.2) is 24.3 Å². The Morgan fingerprint density at radius 3 is 2.25 bits per heavy atom. The Morgan fingerprint density at radius 2 is 1.80 bits per heavy atom. The third-order valence-corrected chi connectivity index (χ3v) is 4.38. The molecule has 0 aromatic heterocycles. The lowest BCUT2D eigenvalue weighted by Gasteiger charge is -2.31. The SMILES string of the molecule is CCCCN(c1ccc(N)cc1)C(CCC)S(=O)(=O)O. The van der Waals surface area contributed by atoms with Crippen LogP contribution < -0.4 is 10.6 Å². The molecule has 114 valence electrons. The van der Waals surface area contributed by atoms with E-state index in [1.165, 1.54) is 0 Å². The number of hydrogen-bond donors (Lipinski definition) is 2. The maximum atomic E-state index is 11.7. The van der Waals surface area contributed by atoms with E-state index in [4.69, 9.17) is 5.73 Å². The molecule has 0 heterocycles. The zero-order valence-electron chi connectivity index (χ0n) is 12.1. The fraction of sp³-hybridized carbons (Fsp3) is 0.571. The molecule has 1 atom stereocenters. The molecule has 0 saturated carbocycles. The van der Waals surface area contributed by atoms with Gasteiger partial charge in [-0.25, -0.2) is 0 Å². The molecule has 0 aliphatic carbocycles. The van der Waals surface area contributed by atoms with Crippen molar-refractivity contribution in [2.45, 2.75) is 44.9 Å². The van der Waals surface area contributed by atoms with Crippen molar-refractivity contribution in [1.29, 1.82) is 0 Å². The highest BCUT2D eigenvalue weighted by Gasteiger charge is 2.29. The number of nitrogen functional groups attached to an aromatic ring is 1. The third kappa shape index (κ3) is 4.68. The van der Waals surface area contributed by atoms with E-state index in [-0.39, 0.29) is 0 Å². The number of unbranched alkanes of at least 4 members (excludes halogenated alkanes) is 1. The highest BCUT2D eigenvalue weighted by atomic mass is 32.2. The average molecular weight is 300 g/mol. The van der Waals surface area contributed by atoms with E-state index < -0.39 is 15.5 Å². The maximum Gasteiger partial charge on any atom is 0.286 e. The summed E-state index contributed by atoms with van der Waals surface area (Å²) < 4.78 is 32.8. The van der Waals surface area contributed by atoms with Crippen molar-refractivity contribution < 1.29 is 13.0 Å². The van der Waals surface area contributed by atoms with Crippen molar-refractivity contribution in [2.24, 2.45) is 0 Å². The summed E-state index contributed by atoms with van der Waals surface area (Å²) in [6, 6.07) is 7.06. The highest BCUT2D eigenvalue weighted by Crippen LogP contribution is 2.24. The van der Waals surface area contributed by atoms with Crippen LogP contribution in [-0.4, -0.2) is 24.9 Å². The predicted octanol–water partition coefficient (Wildman–Crippen LogP) is 2.89. The number of nitrogens with two attached hydrogens (primary N) is 1. The molecular formula is C14H24N2O3S. The van der Waals surface area contributed by atoms with Crippen molar-refractivity contribution in [1.82, 2.24) is 0 Å². The number of hydrogen-bond acceptors (Lipinski definition) is 4. The first-order chi connectivity index (χ1) is 9.40. The summed E-state index contributed by atoms with van der Waals surface area (Å²) in [4.78, 5) is 1.75. The Balaban J connectivity index is 3.11. The normalized spacial score (nSPS) is 13.2. The summed E-state index contributed by atoms with van der Waals surface area (Å²) in [6.45, 7) is 4.54. The summed E-state index contributed by atoms with van der Waals surface area (Å²) in [7, 11) is -4.12. The van der Waals surface area contributed by atoms with Gasteiger partial charge in [-0.1, -0.05) is 26.7 Å². The Kier molecular flexibility index (Phi) is 6.29. The molecule has 1 unspecified atom stereocenters. The lowest BCUT2D eigenvalue weighted by Crippen LogP contribution is -2.41. The molecule has 0 aliphatic rings. The number of benzene rings is 1. The van der Waals surface area contributed by atoms with Crippen molar-refractivity contribution in [3.8, 4) is 0 Å². The van der Waals surface area contributed by atoms with Crippen LogP contribution in [0.5, 0.6) is 0 Å². The van der Waals surface area contributed by atoms with Gasteiger partial charge in [-0.05, 0) is 37.1 Å². The maximum absolute atomic E-state index is 11.7. The molecule has 0 amide bonds. The predicted molar refractivity (Wildman–Crippen MR) is 83.4 cm³/mol. The Morgan fingerprint density at radius 1 is 1.20 bits per heavy atom. The minimum atomic E-state index is -4.12. The van der Waals surface area contributed by atoms with E-state index in [2.05, 4.69) is 0 Å². The molecule has 3 N–H and O–H groups in total. The van der Waals surface area contributed by atoms with Crippen LogP contribution in [0.3, 0.4) is 0 Å². The molecule has 1 rings (SSSR count). The van der Waals surface area contributed by atoms with E-state index in [1.807, 2.05) is 13.8 Å². The second-order valence-electron chi connectivity index (χ2n) is 4.90. The van der Waals surface area contributed by atoms with E-state index in [0.29, 0.717) is 25.1 Å². The first kappa shape index (κ1) is 16.8. The van der Waals surface area contributed by atoms with Crippen LogP contribution in [0.4, 0.5) is 11.4 Å². The minimum absolute atomic E-state index is 0.396. The summed E-state index contributed by atoms with van der Waals surface area (Å²) >= 11 is 0. The zero-order valence-corrected chi connectivity index (χ0v) is 12.9. The van der Waals surface area contributed by atoms with Gasteiger partial charge < -0.3 is 10.6 Å². The monoisotopic (exact) mass is 300 g/mol. The van der Waals surface area contributed by atoms with Crippen molar-refractivity contribution in [3.05, 3.63) is 24.3 Å². The molecule has 0 spiro atoms. The fourth-order valence-corrected chi connectivity index (χ4v) is 3.23. The van der Waals surface area contributed by atoms with Crippen molar-refractivity contribution in [3.63, 3.8) is 0 Å². The minimum Gasteiger partial charge on any atom is -0.399 e. The summed E-state index contributed by atoms with van der Waals surface area (Å²) in [5, 5.41) is -0.900. The molecular weight excluding hydrogens is 276 g/mol. The van der Waals surface area contributed by atoms with Crippen LogP contribution in [-0.2, 0) is 10.1 Å². The lowest BCUT2D eigenvalue weighted by molar-refractivity contribution is 0.454. The van der Waals surface area contributed by atoms with Gasteiger partial charge in [0.15, 0.2) is 5.37 Å². The number of nitrogens with zero attached hydrogens (tertiary/aromatic N) is 1. The Hall–Kier alpha value is -1.27. The Labute approximate surface area is 121 Å². The van der Waals surface area contributed by atoms with Crippen molar-refractivity contribution >= 4 is 21.5 Å². The number of anilines is 2. The largest absolute Gasteiger partial charge is 0.399 e. The van der Waals surface area contributed by atoms with E-state index in [1.54, 1.807) is 29.2 Å². The first-order valence-corrected chi connectivity index (χ1v) is 8.49. The van der Waals surface area contributed by atoms with E-state index >= 15 is 0 Å². The molecule has 0 radical (unpaired) electrons. The molecule has 0 bridgehead atoms. The molecule has 0 saturated heterocycles. The Bertz CT molecular complexity index is 500. The standard InChI is InChI=1S/C14H24N2O3S/c1-3-5-11-16(13-9-7-12(15)8-10-13)14(6-4-2)20(17,18)19/h7-10,14H,3-6,11,15H2,1-2H3,(H,17,18,19). The molecule has 1 aromatic rings. The molecule has 0 aliphatic heterocycles. The topological polar surface area (TPSA) is 83.6 Å². The van der Waals surface area contributed by atoms with Gasteiger partial charge in [0.2, 0.25) is 0 Å². The third-order valence-electron chi connectivity index (χ3n) is 3.20. The van der Waals surface area contributed by atoms with Gasteiger partial charge >= 0.3 is 0 Å².